The molecular formula is C31H36N2O3S. The van der Waals surface area contributed by atoms with Gasteiger partial charge in [0.25, 0.3) is 0 Å². The Balaban J connectivity index is 1.45. The normalized spacial score (nSPS) is 14.6. The van der Waals surface area contributed by atoms with Crippen molar-refractivity contribution in [2.75, 3.05) is 11.4 Å². The quantitative estimate of drug-likeness (QED) is 0.293. The van der Waals surface area contributed by atoms with Crippen molar-refractivity contribution < 1.29 is 14.7 Å². The smallest absolute Gasteiger partial charge is 0.322 e. The summed E-state index contributed by atoms with van der Waals surface area (Å²) >= 11 is 1.63. The van der Waals surface area contributed by atoms with Crippen LogP contribution in [0.25, 0.3) is 0 Å². The Morgan fingerprint density at radius 3 is 2.14 bits per heavy atom. The topological polar surface area (TPSA) is 69.6 Å². The lowest BCUT2D eigenvalue weighted by Crippen LogP contribution is -2.46. The molecule has 37 heavy (non-hydrogen) atoms. The number of rotatable bonds is 10. The maximum Gasteiger partial charge on any atom is 0.322 e. The molecule has 1 unspecified atom stereocenters. The van der Waals surface area contributed by atoms with Crippen molar-refractivity contribution >= 4 is 29.4 Å². The number of carboxylic acids is 1. The van der Waals surface area contributed by atoms with Gasteiger partial charge in [-0.1, -0.05) is 80.4 Å². The molecular weight excluding hydrogens is 480 g/mol. The summed E-state index contributed by atoms with van der Waals surface area (Å²) in [5, 5.41) is 12.7. The van der Waals surface area contributed by atoms with Crippen molar-refractivity contribution in [3.05, 3.63) is 90.0 Å². The van der Waals surface area contributed by atoms with Gasteiger partial charge < -0.3 is 10.4 Å². The van der Waals surface area contributed by atoms with Crippen LogP contribution in [0, 0.1) is 0 Å². The molecule has 0 aromatic heterocycles. The molecule has 0 aliphatic heterocycles. The van der Waals surface area contributed by atoms with E-state index in [1.54, 1.807) is 11.8 Å². The van der Waals surface area contributed by atoms with Gasteiger partial charge in [0.1, 0.15) is 0 Å². The minimum atomic E-state index is -0.789. The van der Waals surface area contributed by atoms with Gasteiger partial charge in [-0.2, -0.15) is 0 Å². The fraction of sp³-hybridized carbons (Fsp3) is 0.355. The van der Waals surface area contributed by atoms with Gasteiger partial charge in [-0.3, -0.25) is 9.69 Å². The second-order valence-corrected chi connectivity index (χ2v) is 10.8. The van der Waals surface area contributed by atoms with E-state index in [0.29, 0.717) is 13.0 Å². The Hall–Kier alpha value is -3.25. The van der Waals surface area contributed by atoms with E-state index in [1.165, 1.54) is 24.8 Å². The summed E-state index contributed by atoms with van der Waals surface area (Å²) < 4.78 is 0. The summed E-state index contributed by atoms with van der Waals surface area (Å²) in [5.74, 6) is -1.26. The lowest BCUT2D eigenvalue weighted by molar-refractivity contribution is -0.138. The standard InChI is InChI=1S/C31H36N2O3S/c1-2-29(30(34)35)24-13-17-27(18-14-24)37-28-19-15-26(16-20-28)33(22-21-23-9-5-3-6-10-23)31(36)32-25-11-7-4-8-12-25/h3,5-6,9-10,13-20,25,29H,2,4,7-8,11-12,21-22H2,1H3,(H,32,36)(H,34,35). The molecule has 1 aliphatic rings. The summed E-state index contributed by atoms with van der Waals surface area (Å²) in [6.07, 6.45) is 7.07. The number of nitrogens with one attached hydrogen (secondary N) is 1. The zero-order chi connectivity index (χ0) is 26.0. The molecule has 0 saturated heterocycles. The Morgan fingerprint density at radius 2 is 1.54 bits per heavy atom. The van der Waals surface area contributed by atoms with Crippen LogP contribution in [0.3, 0.4) is 0 Å². The van der Waals surface area contributed by atoms with Gasteiger partial charge in [-0.05, 0) is 73.2 Å². The van der Waals surface area contributed by atoms with Gasteiger partial charge in [-0.25, -0.2) is 4.79 Å². The molecule has 1 aliphatic carbocycles. The minimum Gasteiger partial charge on any atom is -0.481 e. The maximum atomic E-state index is 13.3. The molecule has 5 nitrogen and oxygen atoms in total. The molecule has 3 aromatic rings. The number of carbonyl (C=O) groups is 2. The summed E-state index contributed by atoms with van der Waals surface area (Å²) in [7, 11) is 0. The number of urea groups is 1. The van der Waals surface area contributed by atoms with Crippen molar-refractivity contribution in [1.82, 2.24) is 5.32 Å². The third-order valence-corrected chi connectivity index (χ3v) is 8.03. The number of aliphatic carboxylic acids is 1. The molecule has 1 atom stereocenters. The molecule has 2 N–H and O–H groups in total. The van der Waals surface area contributed by atoms with E-state index in [1.807, 2.05) is 78.6 Å². The molecule has 0 heterocycles. The predicted octanol–water partition coefficient (Wildman–Crippen LogP) is 7.51. The molecule has 0 spiro atoms. The highest BCUT2D eigenvalue weighted by atomic mass is 32.2. The van der Waals surface area contributed by atoms with Gasteiger partial charge in [0, 0.05) is 28.1 Å². The monoisotopic (exact) mass is 516 g/mol. The van der Waals surface area contributed by atoms with Crippen molar-refractivity contribution in [3.63, 3.8) is 0 Å². The summed E-state index contributed by atoms with van der Waals surface area (Å²) in [4.78, 5) is 28.8. The predicted molar refractivity (Wildman–Crippen MR) is 151 cm³/mol. The van der Waals surface area contributed by atoms with Gasteiger partial charge in [0.2, 0.25) is 0 Å². The number of anilines is 1. The van der Waals surface area contributed by atoms with Crippen LogP contribution in [-0.4, -0.2) is 29.7 Å². The Bertz CT molecular complexity index is 1140. The average molecular weight is 517 g/mol. The molecule has 3 aromatic carbocycles. The van der Waals surface area contributed by atoms with Gasteiger partial charge in [-0.15, -0.1) is 0 Å². The second kappa shape index (κ2) is 13.3. The van der Waals surface area contributed by atoms with Crippen molar-refractivity contribution in [3.8, 4) is 0 Å². The molecule has 194 valence electrons. The van der Waals surface area contributed by atoms with Crippen molar-refractivity contribution in [1.29, 1.82) is 0 Å². The largest absolute Gasteiger partial charge is 0.481 e. The van der Waals surface area contributed by atoms with E-state index in [2.05, 4.69) is 17.4 Å². The van der Waals surface area contributed by atoms with Crippen LogP contribution < -0.4 is 10.2 Å². The van der Waals surface area contributed by atoms with Crippen LogP contribution in [-0.2, 0) is 11.2 Å². The zero-order valence-electron chi connectivity index (χ0n) is 21.4. The van der Waals surface area contributed by atoms with E-state index < -0.39 is 11.9 Å². The molecule has 2 amide bonds. The van der Waals surface area contributed by atoms with Crippen LogP contribution in [0.15, 0.2) is 88.7 Å². The first-order valence-corrected chi connectivity index (χ1v) is 14.1. The van der Waals surface area contributed by atoms with Gasteiger partial charge in [0.15, 0.2) is 0 Å². The first kappa shape index (κ1) is 26.8. The number of nitrogens with zero attached hydrogens (tertiary/aromatic N) is 1. The Kier molecular flexibility index (Phi) is 9.66. The van der Waals surface area contributed by atoms with Gasteiger partial charge >= 0.3 is 12.0 Å². The van der Waals surface area contributed by atoms with E-state index in [4.69, 9.17) is 0 Å². The summed E-state index contributed by atoms with van der Waals surface area (Å²) in [5.41, 5.74) is 2.92. The Labute approximate surface area is 224 Å². The third-order valence-electron chi connectivity index (χ3n) is 7.02. The lowest BCUT2D eigenvalue weighted by atomic mass is 9.96. The SMILES string of the molecule is CCC(C(=O)O)c1ccc(Sc2ccc(N(CCc3ccccc3)C(=O)NC3CCCCC3)cc2)cc1. The molecule has 0 bridgehead atoms. The van der Waals surface area contributed by atoms with Gasteiger partial charge in [0.05, 0.1) is 5.92 Å². The molecule has 1 fully saturated rings. The van der Waals surface area contributed by atoms with Crippen LogP contribution in [0.5, 0.6) is 0 Å². The zero-order valence-corrected chi connectivity index (χ0v) is 22.3. The highest BCUT2D eigenvalue weighted by Crippen LogP contribution is 2.31. The maximum absolute atomic E-state index is 13.3. The fourth-order valence-electron chi connectivity index (χ4n) is 4.88. The summed E-state index contributed by atoms with van der Waals surface area (Å²) in [6.45, 7) is 2.50. The first-order valence-electron chi connectivity index (χ1n) is 13.3. The number of carboxylic acid groups (broad SMARTS) is 1. The minimum absolute atomic E-state index is 0.0252. The van der Waals surface area contributed by atoms with Crippen LogP contribution in [0.2, 0.25) is 0 Å². The summed E-state index contributed by atoms with van der Waals surface area (Å²) in [6, 6.07) is 26.4. The highest BCUT2D eigenvalue weighted by molar-refractivity contribution is 7.99. The molecule has 1 saturated carbocycles. The van der Waals surface area contributed by atoms with Crippen LogP contribution in [0.1, 0.15) is 62.5 Å². The average Bonchev–Trinajstić information content (AvgIpc) is 2.92. The third kappa shape index (κ3) is 7.62. The number of carbonyl (C=O) groups excluding carboxylic acids is 1. The van der Waals surface area contributed by atoms with Crippen molar-refractivity contribution in [2.24, 2.45) is 0 Å². The van der Waals surface area contributed by atoms with E-state index >= 15 is 0 Å². The second-order valence-electron chi connectivity index (χ2n) is 9.64. The van der Waals surface area contributed by atoms with Crippen molar-refractivity contribution in [2.45, 2.75) is 73.6 Å². The number of amides is 2. The van der Waals surface area contributed by atoms with E-state index in [9.17, 15) is 14.7 Å². The first-order chi connectivity index (χ1) is 18.0. The number of benzene rings is 3. The fourth-order valence-corrected chi connectivity index (χ4v) is 5.70. The van der Waals surface area contributed by atoms with E-state index in [-0.39, 0.29) is 12.1 Å². The number of hydrogen-bond donors (Lipinski definition) is 2. The Morgan fingerprint density at radius 1 is 0.919 bits per heavy atom. The number of hydrogen-bond acceptors (Lipinski definition) is 3. The van der Waals surface area contributed by atoms with Crippen LogP contribution >= 0.6 is 11.8 Å². The molecule has 6 heteroatoms. The molecule has 0 radical (unpaired) electrons. The highest BCUT2D eigenvalue weighted by Gasteiger charge is 2.21. The van der Waals surface area contributed by atoms with E-state index in [0.717, 1.165) is 40.3 Å². The van der Waals surface area contributed by atoms with Crippen LogP contribution in [0.4, 0.5) is 10.5 Å². The lowest BCUT2D eigenvalue weighted by Gasteiger charge is -2.28. The molecule has 4 rings (SSSR count).